The van der Waals surface area contributed by atoms with Crippen molar-refractivity contribution < 1.29 is 17.6 Å². The predicted molar refractivity (Wildman–Crippen MR) is 96.2 cm³/mol. The Morgan fingerprint density at radius 1 is 1.19 bits per heavy atom. The number of halogens is 1. The number of benzene rings is 2. The summed E-state index contributed by atoms with van der Waals surface area (Å²) in [6.07, 6.45) is 1.12. The molecule has 1 fully saturated rings. The quantitative estimate of drug-likeness (QED) is 0.806. The van der Waals surface area contributed by atoms with E-state index in [2.05, 4.69) is 0 Å². The highest BCUT2D eigenvalue weighted by Crippen LogP contribution is 2.27. The van der Waals surface area contributed by atoms with E-state index in [1.807, 2.05) is 0 Å². The highest BCUT2D eigenvalue weighted by Gasteiger charge is 2.40. The zero-order valence-corrected chi connectivity index (χ0v) is 15.3. The van der Waals surface area contributed by atoms with Crippen LogP contribution in [0.3, 0.4) is 0 Å². The van der Waals surface area contributed by atoms with Gasteiger partial charge in [-0.15, -0.1) is 0 Å². The van der Waals surface area contributed by atoms with Crippen molar-refractivity contribution in [2.45, 2.75) is 30.3 Å². The lowest BCUT2D eigenvalue weighted by Gasteiger charge is -2.27. The first-order valence-electron chi connectivity index (χ1n) is 8.46. The molecule has 0 N–H and O–H groups in total. The van der Waals surface area contributed by atoms with Gasteiger partial charge < -0.3 is 4.90 Å². The van der Waals surface area contributed by atoms with Crippen LogP contribution in [0, 0.1) is 5.82 Å². The standard InChI is InChI=1S/C19H21FN2O3S/c1-21(14-15-7-5-8-16(20)13-15)19(23)18-11-6-12-22(18)26(24,25)17-9-3-2-4-10-17/h2-5,7-10,13,18H,6,11-12,14H2,1H3. The van der Waals surface area contributed by atoms with Crippen molar-refractivity contribution in [2.24, 2.45) is 0 Å². The Hall–Kier alpha value is -2.25. The van der Waals surface area contributed by atoms with E-state index in [9.17, 15) is 17.6 Å². The number of amides is 1. The van der Waals surface area contributed by atoms with Gasteiger partial charge in [0.1, 0.15) is 11.9 Å². The summed E-state index contributed by atoms with van der Waals surface area (Å²) in [6, 6.07) is 13.5. The summed E-state index contributed by atoms with van der Waals surface area (Å²) < 4.78 is 40.4. The first-order chi connectivity index (χ1) is 12.4. The lowest BCUT2D eigenvalue weighted by atomic mass is 10.1. The van der Waals surface area contributed by atoms with E-state index in [-0.39, 0.29) is 23.2 Å². The van der Waals surface area contributed by atoms with Crippen LogP contribution in [0.2, 0.25) is 0 Å². The fourth-order valence-corrected chi connectivity index (χ4v) is 4.92. The predicted octanol–water partition coefficient (Wildman–Crippen LogP) is 2.64. The summed E-state index contributed by atoms with van der Waals surface area (Å²) in [7, 11) is -2.11. The number of hydrogen-bond donors (Lipinski definition) is 0. The molecule has 1 aliphatic rings. The molecule has 0 spiro atoms. The van der Waals surface area contributed by atoms with Gasteiger partial charge in [-0.05, 0) is 42.7 Å². The van der Waals surface area contributed by atoms with Crippen molar-refractivity contribution in [3.8, 4) is 0 Å². The molecule has 0 radical (unpaired) electrons. The van der Waals surface area contributed by atoms with Crippen molar-refractivity contribution in [2.75, 3.05) is 13.6 Å². The molecule has 1 amide bonds. The molecule has 0 bridgehead atoms. The van der Waals surface area contributed by atoms with Gasteiger partial charge in [-0.2, -0.15) is 4.31 Å². The fraction of sp³-hybridized carbons (Fsp3) is 0.316. The zero-order chi connectivity index (χ0) is 18.7. The summed E-state index contributed by atoms with van der Waals surface area (Å²) in [4.78, 5) is 14.5. The van der Waals surface area contributed by atoms with Crippen LogP contribution in [-0.4, -0.2) is 43.2 Å². The Bertz CT molecular complexity index is 887. The van der Waals surface area contributed by atoms with Gasteiger partial charge in [0.05, 0.1) is 4.90 Å². The summed E-state index contributed by atoms with van der Waals surface area (Å²) in [5, 5.41) is 0. The number of carbonyl (C=O) groups excluding carboxylic acids is 1. The van der Waals surface area contributed by atoms with Gasteiger partial charge in [0, 0.05) is 20.1 Å². The topological polar surface area (TPSA) is 57.7 Å². The number of rotatable bonds is 5. The van der Waals surface area contributed by atoms with Crippen LogP contribution in [0.5, 0.6) is 0 Å². The van der Waals surface area contributed by atoms with Crippen LogP contribution >= 0.6 is 0 Å². The van der Waals surface area contributed by atoms with Crippen LogP contribution in [0.15, 0.2) is 59.5 Å². The van der Waals surface area contributed by atoms with Gasteiger partial charge in [0.25, 0.3) is 0 Å². The van der Waals surface area contributed by atoms with Gasteiger partial charge in [-0.3, -0.25) is 4.79 Å². The van der Waals surface area contributed by atoms with Crippen LogP contribution in [0.4, 0.5) is 4.39 Å². The van der Waals surface area contributed by atoms with Gasteiger partial charge in [-0.25, -0.2) is 12.8 Å². The first kappa shape index (κ1) is 18.5. The number of hydrogen-bond acceptors (Lipinski definition) is 3. The Kier molecular flexibility index (Phi) is 5.38. The average molecular weight is 376 g/mol. The van der Waals surface area contributed by atoms with Crippen molar-refractivity contribution in [3.63, 3.8) is 0 Å². The minimum Gasteiger partial charge on any atom is -0.340 e. The van der Waals surface area contributed by atoms with Crippen molar-refractivity contribution >= 4 is 15.9 Å². The molecule has 0 saturated carbocycles. The lowest BCUT2D eigenvalue weighted by molar-refractivity contribution is -0.133. The second-order valence-electron chi connectivity index (χ2n) is 6.41. The van der Waals surface area contributed by atoms with Gasteiger partial charge >= 0.3 is 0 Å². The van der Waals surface area contributed by atoms with E-state index >= 15 is 0 Å². The third-order valence-electron chi connectivity index (χ3n) is 4.52. The van der Waals surface area contributed by atoms with E-state index < -0.39 is 16.1 Å². The molecule has 1 unspecified atom stereocenters. The summed E-state index contributed by atoms with van der Waals surface area (Å²) in [5.74, 6) is -0.635. The monoisotopic (exact) mass is 376 g/mol. The maximum absolute atomic E-state index is 13.3. The Morgan fingerprint density at radius 3 is 2.62 bits per heavy atom. The second kappa shape index (κ2) is 7.55. The van der Waals surface area contributed by atoms with Gasteiger partial charge in [0.2, 0.25) is 15.9 Å². The molecule has 0 aromatic heterocycles. The molecule has 2 aromatic rings. The van der Waals surface area contributed by atoms with Gasteiger partial charge in [-0.1, -0.05) is 30.3 Å². The number of nitrogens with zero attached hydrogens (tertiary/aromatic N) is 2. The van der Waals surface area contributed by atoms with E-state index in [0.29, 0.717) is 24.9 Å². The van der Waals surface area contributed by atoms with Gasteiger partial charge in [0.15, 0.2) is 0 Å². The highest BCUT2D eigenvalue weighted by molar-refractivity contribution is 7.89. The molecule has 1 heterocycles. The smallest absolute Gasteiger partial charge is 0.243 e. The molecule has 26 heavy (non-hydrogen) atoms. The van der Waals surface area contributed by atoms with Crippen LogP contribution < -0.4 is 0 Å². The maximum Gasteiger partial charge on any atom is 0.243 e. The summed E-state index contributed by atoms with van der Waals surface area (Å²) in [5.41, 5.74) is 0.663. The number of carbonyl (C=O) groups is 1. The molecule has 3 rings (SSSR count). The van der Waals surface area contributed by atoms with E-state index in [1.54, 1.807) is 37.4 Å². The lowest BCUT2D eigenvalue weighted by Crippen LogP contribution is -2.46. The van der Waals surface area contributed by atoms with E-state index in [1.165, 1.54) is 33.5 Å². The Balaban J connectivity index is 1.78. The second-order valence-corrected chi connectivity index (χ2v) is 8.30. The SMILES string of the molecule is CN(Cc1cccc(F)c1)C(=O)C1CCCN1S(=O)(=O)c1ccccc1. The Morgan fingerprint density at radius 2 is 1.92 bits per heavy atom. The molecule has 138 valence electrons. The number of likely N-dealkylation sites (N-methyl/N-ethyl adjacent to an activating group) is 1. The third-order valence-corrected chi connectivity index (χ3v) is 6.45. The largest absolute Gasteiger partial charge is 0.340 e. The van der Waals surface area contributed by atoms with Crippen molar-refractivity contribution in [1.82, 2.24) is 9.21 Å². The minimum absolute atomic E-state index is 0.187. The first-order valence-corrected chi connectivity index (χ1v) is 9.90. The zero-order valence-electron chi connectivity index (χ0n) is 14.5. The molecule has 1 saturated heterocycles. The van der Waals surface area contributed by atoms with Crippen LogP contribution in [-0.2, 0) is 21.4 Å². The summed E-state index contributed by atoms with van der Waals surface area (Å²) in [6.45, 7) is 0.549. The summed E-state index contributed by atoms with van der Waals surface area (Å²) >= 11 is 0. The highest BCUT2D eigenvalue weighted by atomic mass is 32.2. The van der Waals surface area contributed by atoms with Crippen molar-refractivity contribution in [3.05, 3.63) is 66.0 Å². The fourth-order valence-electron chi connectivity index (χ4n) is 3.24. The normalized spacial score (nSPS) is 18.0. The molecular formula is C19H21FN2O3S. The van der Waals surface area contributed by atoms with Crippen LogP contribution in [0.25, 0.3) is 0 Å². The molecule has 5 nitrogen and oxygen atoms in total. The average Bonchev–Trinajstić information content (AvgIpc) is 3.12. The molecule has 2 aromatic carbocycles. The molecule has 7 heteroatoms. The van der Waals surface area contributed by atoms with Crippen LogP contribution in [0.1, 0.15) is 18.4 Å². The third kappa shape index (κ3) is 3.78. The Labute approximate surface area is 153 Å². The molecular weight excluding hydrogens is 355 g/mol. The molecule has 1 atom stereocenters. The molecule has 0 aliphatic carbocycles. The maximum atomic E-state index is 13.3. The molecule has 1 aliphatic heterocycles. The van der Waals surface area contributed by atoms with Crippen molar-refractivity contribution in [1.29, 1.82) is 0 Å². The van der Waals surface area contributed by atoms with E-state index in [0.717, 1.165) is 0 Å². The minimum atomic E-state index is -3.72. The van der Waals surface area contributed by atoms with E-state index in [4.69, 9.17) is 0 Å². The number of sulfonamides is 1.